The normalized spacial score (nSPS) is 10.5. The van der Waals surface area contributed by atoms with E-state index >= 15 is 0 Å². The molecule has 0 aliphatic rings. The Morgan fingerprint density at radius 3 is 2.15 bits per heavy atom. The first-order valence-electron chi connectivity index (χ1n) is 10.6. The monoisotopic (exact) mass is 456 g/mol. The lowest BCUT2D eigenvalue weighted by atomic mass is 9.97. The largest absolute Gasteiger partial charge is 0.497 e. The van der Waals surface area contributed by atoms with Gasteiger partial charge in [-0.25, -0.2) is 14.8 Å². The highest BCUT2D eigenvalue weighted by Crippen LogP contribution is 2.30. The molecular formula is C27H24N2O5. The molecule has 0 spiro atoms. The minimum Gasteiger partial charge on any atom is -0.497 e. The van der Waals surface area contributed by atoms with Crippen LogP contribution in [0.25, 0.3) is 22.3 Å². The molecule has 0 radical (unpaired) electrons. The molecule has 0 bridgehead atoms. The van der Waals surface area contributed by atoms with Gasteiger partial charge in [0.05, 0.1) is 7.11 Å². The van der Waals surface area contributed by atoms with Crippen molar-refractivity contribution in [3.63, 3.8) is 0 Å². The number of aromatic nitrogens is 2. The molecule has 3 aromatic carbocycles. The summed E-state index contributed by atoms with van der Waals surface area (Å²) in [5.41, 5.74) is 5.77. The zero-order chi connectivity index (χ0) is 23.9. The van der Waals surface area contributed by atoms with Crippen molar-refractivity contribution in [1.29, 1.82) is 0 Å². The highest BCUT2D eigenvalue weighted by Gasteiger charge is 2.09. The van der Waals surface area contributed by atoms with Gasteiger partial charge in [-0.15, -0.1) is 0 Å². The third kappa shape index (κ3) is 5.69. The zero-order valence-electron chi connectivity index (χ0n) is 18.9. The molecule has 172 valence electrons. The number of nitrogens with zero attached hydrogens (tertiary/aromatic N) is 2. The molecule has 7 nitrogen and oxygen atoms in total. The van der Waals surface area contributed by atoms with Gasteiger partial charge in [0, 0.05) is 18.0 Å². The van der Waals surface area contributed by atoms with Crippen LogP contribution >= 0.6 is 0 Å². The molecular weight excluding hydrogens is 432 g/mol. The van der Waals surface area contributed by atoms with Crippen molar-refractivity contribution in [2.24, 2.45) is 0 Å². The predicted molar refractivity (Wildman–Crippen MR) is 128 cm³/mol. The number of carbonyl (C=O) groups is 1. The highest BCUT2D eigenvalue weighted by atomic mass is 16.5. The molecule has 0 unspecified atom stereocenters. The minimum atomic E-state index is -1.02. The van der Waals surface area contributed by atoms with Gasteiger partial charge in [0.15, 0.2) is 6.61 Å². The lowest BCUT2D eigenvalue weighted by molar-refractivity contribution is -0.139. The van der Waals surface area contributed by atoms with E-state index < -0.39 is 5.97 Å². The molecule has 0 saturated heterocycles. The number of aryl methyl sites for hydroxylation is 1. The van der Waals surface area contributed by atoms with Crippen molar-refractivity contribution in [3.05, 3.63) is 90.5 Å². The van der Waals surface area contributed by atoms with Crippen molar-refractivity contribution < 1.29 is 24.1 Å². The molecule has 0 fully saturated rings. The highest BCUT2D eigenvalue weighted by molar-refractivity contribution is 5.74. The van der Waals surface area contributed by atoms with E-state index in [-0.39, 0.29) is 6.61 Å². The maximum Gasteiger partial charge on any atom is 0.341 e. The van der Waals surface area contributed by atoms with Gasteiger partial charge in [-0.2, -0.15) is 0 Å². The maximum atomic E-state index is 10.7. The van der Waals surface area contributed by atoms with Gasteiger partial charge < -0.3 is 19.3 Å². The number of hydrogen-bond donors (Lipinski definition) is 1. The van der Waals surface area contributed by atoms with Crippen LogP contribution in [0.3, 0.4) is 0 Å². The molecule has 34 heavy (non-hydrogen) atoms. The standard InChI is InChI=1S/C27H24N2O5/c1-18-9-25(7-8-26(18)34-16-27(30)31)33-15-19-10-21(20-3-5-24(32-2)6-4-20)12-22(11-19)23-13-28-17-29-14-23/h3-14,17H,15-16H2,1-2H3,(H,30,31). The van der Waals surface area contributed by atoms with Crippen LogP contribution < -0.4 is 14.2 Å². The van der Waals surface area contributed by atoms with Crippen LogP contribution in [-0.2, 0) is 11.4 Å². The average molecular weight is 456 g/mol. The molecule has 0 saturated carbocycles. The van der Waals surface area contributed by atoms with Crippen LogP contribution in [0.4, 0.5) is 0 Å². The van der Waals surface area contributed by atoms with Crippen LogP contribution in [0, 0.1) is 6.92 Å². The summed E-state index contributed by atoms with van der Waals surface area (Å²) in [4.78, 5) is 19.0. The Bertz CT molecular complexity index is 1270. The van der Waals surface area contributed by atoms with Gasteiger partial charge in [0.25, 0.3) is 0 Å². The summed E-state index contributed by atoms with van der Waals surface area (Å²) >= 11 is 0. The van der Waals surface area contributed by atoms with Crippen LogP contribution in [0.1, 0.15) is 11.1 Å². The summed E-state index contributed by atoms with van der Waals surface area (Å²) in [5, 5.41) is 8.80. The Kier molecular flexibility index (Phi) is 7.03. The van der Waals surface area contributed by atoms with E-state index in [1.165, 1.54) is 6.33 Å². The topological polar surface area (TPSA) is 90.8 Å². The molecule has 1 heterocycles. The van der Waals surface area contributed by atoms with E-state index in [2.05, 4.69) is 28.2 Å². The number of rotatable bonds is 9. The number of hydrogen-bond acceptors (Lipinski definition) is 6. The molecule has 1 N–H and O–H groups in total. The SMILES string of the molecule is COc1ccc(-c2cc(COc3ccc(OCC(=O)O)c(C)c3)cc(-c3cncnc3)c2)cc1. The van der Waals surface area contributed by atoms with E-state index in [4.69, 9.17) is 19.3 Å². The van der Waals surface area contributed by atoms with Gasteiger partial charge in [0.2, 0.25) is 0 Å². The van der Waals surface area contributed by atoms with Crippen molar-refractivity contribution in [2.45, 2.75) is 13.5 Å². The second kappa shape index (κ2) is 10.5. The van der Waals surface area contributed by atoms with Gasteiger partial charge in [0.1, 0.15) is 30.2 Å². The third-order valence-corrected chi connectivity index (χ3v) is 5.21. The fraction of sp³-hybridized carbons (Fsp3) is 0.148. The lowest BCUT2D eigenvalue weighted by Gasteiger charge is -2.13. The first kappa shape index (κ1) is 22.8. The van der Waals surface area contributed by atoms with Crippen LogP contribution in [0.2, 0.25) is 0 Å². The smallest absolute Gasteiger partial charge is 0.341 e. The Balaban J connectivity index is 1.59. The second-order valence-corrected chi connectivity index (χ2v) is 7.67. The number of benzene rings is 3. The molecule has 4 aromatic rings. The van der Waals surface area contributed by atoms with E-state index in [1.807, 2.05) is 37.3 Å². The number of carboxylic acid groups (broad SMARTS) is 1. The molecule has 0 atom stereocenters. The Morgan fingerprint density at radius 2 is 1.50 bits per heavy atom. The second-order valence-electron chi connectivity index (χ2n) is 7.67. The van der Waals surface area contributed by atoms with Crippen molar-refractivity contribution in [1.82, 2.24) is 9.97 Å². The minimum absolute atomic E-state index is 0.347. The number of carboxylic acids is 1. The molecule has 0 aliphatic heterocycles. The van der Waals surface area contributed by atoms with Gasteiger partial charge in [-0.05, 0) is 83.3 Å². The van der Waals surface area contributed by atoms with Crippen LogP contribution in [-0.4, -0.2) is 34.8 Å². The fourth-order valence-corrected chi connectivity index (χ4v) is 3.52. The van der Waals surface area contributed by atoms with E-state index in [1.54, 1.807) is 31.6 Å². The lowest BCUT2D eigenvalue weighted by Crippen LogP contribution is -2.10. The van der Waals surface area contributed by atoms with Crippen molar-refractivity contribution in [2.75, 3.05) is 13.7 Å². The zero-order valence-corrected chi connectivity index (χ0v) is 18.9. The van der Waals surface area contributed by atoms with E-state index in [9.17, 15) is 4.79 Å². The van der Waals surface area contributed by atoms with Crippen molar-refractivity contribution in [3.8, 4) is 39.5 Å². The maximum absolute atomic E-state index is 10.7. The third-order valence-electron chi connectivity index (χ3n) is 5.21. The quantitative estimate of drug-likeness (QED) is 0.371. The fourth-order valence-electron chi connectivity index (χ4n) is 3.52. The average Bonchev–Trinajstić information content (AvgIpc) is 2.87. The first-order chi connectivity index (χ1) is 16.5. The first-order valence-corrected chi connectivity index (χ1v) is 10.6. The molecule has 0 amide bonds. The summed E-state index contributed by atoms with van der Waals surface area (Å²) < 4.78 is 16.6. The summed E-state index contributed by atoms with van der Waals surface area (Å²) in [6.45, 7) is 1.81. The van der Waals surface area contributed by atoms with Crippen LogP contribution in [0.15, 0.2) is 79.4 Å². The molecule has 4 rings (SSSR count). The van der Waals surface area contributed by atoms with E-state index in [0.29, 0.717) is 18.1 Å². The molecule has 7 heteroatoms. The van der Waals surface area contributed by atoms with Crippen molar-refractivity contribution >= 4 is 5.97 Å². The van der Waals surface area contributed by atoms with Gasteiger partial charge in [-0.3, -0.25) is 0 Å². The Hall–Kier alpha value is -4.39. The van der Waals surface area contributed by atoms with Gasteiger partial charge >= 0.3 is 5.97 Å². The predicted octanol–water partition coefficient (Wildman–Crippen LogP) is 5.17. The number of aliphatic carboxylic acids is 1. The number of methoxy groups -OCH3 is 1. The van der Waals surface area contributed by atoms with E-state index in [0.717, 1.165) is 39.1 Å². The molecule has 1 aromatic heterocycles. The summed E-state index contributed by atoms with van der Waals surface area (Å²) in [7, 11) is 1.65. The number of ether oxygens (including phenoxy) is 3. The Labute approximate surface area is 197 Å². The summed E-state index contributed by atoms with van der Waals surface area (Å²) in [6, 6.07) is 19.5. The van der Waals surface area contributed by atoms with Crippen LogP contribution in [0.5, 0.6) is 17.2 Å². The Morgan fingerprint density at radius 1 is 0.824 bits per heavy atom. The molecule has 0 aliphatic carbocycles. The van der Waals surface area contributed by atoms with Gasteiger partial charge in [-0.1, -0.05) is 12.1 Å². The summed E-state index contributed by atoms with van der Waals surface area (Å²) in [6.07, 6.45) is 5.07. The summed E-state index contributed by atoms with van der Waals surface area (Å²) in [5.74, 6) is 0.962.